The van der Waals surface area contributed by atoms with E-state index in [1.165, 1.54) is 50.4 Å². The maximum absolute atomic E-state index is 5.30. The van der Waals surface area contributed by atoms with Crippen LogP contribution in [0.5, 0.6) is 0 Å². The van der Waals surface area contributed by atoms with Crippen LogP contribution in [0.3, 0.4) is 0 Å². The summed E-state index contributed by atoms with van der Waals surface area (Å²) in [6.45, 7) is 8.93. The largest absolute Gasteiger partial charge is 0.378 e. The molecule has 114 valence electrons. The van der Waals surface area contributed by atoms with Crippen LogP contribution in [0.4, 0.5) is 11.4 Å². The Kier molecular flexibility index (Phi) is 3.74. The molecule has 4 nitrogen and oxygen atoms in total. The quantitative estimate of drug-likeness (QED) is 0.844. The summed E-state index contributed by atoms with van der Waals surface area (Å²) in [7, 11) is 0. The van der Waals surface area contributed by atoms with Gasteiger partial charge >= 0.3 is 0 Å². The number of ether oxygens (including phenoxy) is 1. The first kappa shape index (κ1) is 13.4. The van der Waals surface area contributed by atoms with Crippen LogP contribution < -0.4 is 9.80 Å². The van der Waals surface area contributed by atoms with E-state index in [0.29, 0.717) is 6.04 Å². The molecule has 1 aromatic rings. The Morgan fingerprint density at radius 1 is 0.714 bits per heavy atom. The van der Waals surface area contributed by atoms with Crippen LogP contribution in [0.15, 0.2) is 24.3 Å². The highest BCUT2D eigenvalue weighted by Gasteiger charge is 2.28. The van der Waals surface area contributed by atoms with Gasteiger partial charge in [0.15, 0.2) is 0 Å². The summed E-state index contributed by atoms with van der Waals surface area (Å²) in [6, 6.07) is 9.88. The number of rotatable bonds is 3. The maximum atomic E-state index is 5.30. The highest BCUT2D eigenvalue weighted by molar-refractivity contribution is 5.57. The molecule has 3 fully saturated rings. The van der Waals surface area contributed by atoms with E-state index in [9.17, 15) is 0 Å². The molecule has 0 bridgehead atoms. The number of anilines is 2. The van der Waals surface area contributed by atoms with Crippen molar-refractivity contribution in [2.75, 3.05) is 62.3 Å². The van der Waals surface area contributed by atoms with E-state index in [0.717, 1.165) is 26.3 Å². The van der Waals surface area contributed by atoms with Gasteiger partial charge in [-0.05, 0) is 37.1 Å². The lowest BCUT2D eigenvalue weighted by Crippen LogP contribution is -2.56. The van der Waals surface area contributed by atoms with Crippen LogP contribution in [0.2, 0.25) is 0 Å². The second kappa shape index (κ2) is 5.85. The van der Waals surface area contributed by atoms with E-state index < -0.39 is 0 Å². The predicted octanol–water partition coefficient (Wildman–Crippen LogP) is 1.81. The first-order chi connectivity index (χ1) is 10.4. The van der Waals surface area contributed by atoms with E-state index in [-0.39, 0.29) is 0 Å². The molecule has 3 saturated heterocycles. The van der Waals surface area contributed by atoms with Gasteiger partial charge in [-0.3, -0.25) is 4.90 Å². The summed E-state index contributed by atoms with van der Waals surface area (Å²) in [5.74, 6) is 0. The summed E-state index contributed by atoms with van der Waals surface area (Å²) in [5.41, 5.74) is 2.77. The molecule has 0 aromatic heterocycles. The molecule has 3 heterocycles. The van der Waals surface area contributed by atoms with Crippen molar-refractivity contribution < 1.29 is 4.74 Å². The summed E-state index contributed by atoms with van der Waals surface area (Å²) >= 11 is 0. The lowest BCUT2D eigenvalue weighted by molar-refractivity contribution is -0.0660. The molecule has 0 spiro atoms. The Morgan fingerprint density at radius 3 is 1.71 bits per heavy atom. The molecular formula is C17H25N3O. The monoisotopic (exact) mass is 287 g/mol. The lowest BCUT2D eigenvalue weighted by atomic mass is 10.1. The molecule has 3 aliphatic rings. The van der Waals surface area contributed by atoms with Gasteiger partial charge in [0.2, 0.25) is 0 Å². The Morgan fingerprint density at radius 2 is 1.24 bits per heavy atom. The molecule has 0 radical (unpaired) electrons. The van der Waals surface area contributed by atoms with Crippen molar-refractivity contribution >= 4 is 11.4 Å². The number of hydrogen-bond donors (Lipinski definition) is 0. The van der Waals surface area contributed by atoms with Crippen LogP contribution in [-0.4, -0.2) is 63.4 Å². The molecule has 4 rings (SSSR count). The molecule has 0 N–H and O–H groups in total. The standard InChI is InChI=1S/C17H25N3O/c1-2-8-18(7-1)15-3-5-16(6-4-15)19-9-11-20(12-10-19)17-13-21-14-17/h3-6,17H,1-2,7-14H2. The second-order valence-corrected chi connectivity index (χ2v) is 6.42. The van der Waals surface area contributed by atoms with Gasteiger partial charge in [-0.1, -0.05) is 0 Å². The number of piperazine rings is 1. The van der Waals surface area contributed by atoms with E-state index in [4.69, 9.17) is 4.74 Å². The molecule has 0 unspecified atom stereocenters. The fourth-order valence-electron chi connectivity index (χ4n) is 3.63. The molecule has 0 atom stereocenters. The fourth-order valence-corrected chi connectivity index (χ4v) is 3.63. The minimum atomic E-state index is 0.685. The molecule has 0 saturated carbocycles. The summed E-state index contributed by atoms with van der Waals surface area (Å²) in [6.07, 6.45) is 2.68. The highest BCUT2D eigenvalue weighted by Crippen LogP contribution is 2.25. The van der Waals surface area contributed by atoms with Gasteiger partial charge in [-0.15, -0.1) is 0 Å². The SMILES string of the molecule is c1cc(N2CCN(C3COC3)CC2)ccc1N1CCCC1. The summed E-state index contributed by atoms with van der Waals surface area (Å²) in [5, 5.41) is 0. The molecular weight excluding hydrogens is 262 g/mol. The van der Waals surface area contributed by atoms with Crippen molar-refractivity contribution in [2.24, 2.45) is 0 Å². The molecule has 21 heavy (non-hydrogen) atoms. The Balaban J connectivity index is 1.35. The topological polar surface area (TPSA) is 19.0 Å². The minimum absolute atomic E-state index is 0.685. The van der Waals surface area contributed by atoms with Crippen LogP contribution in [0.1, 0.15) is 12.8 Å². The van der Waals surface area contributed by atoms with Crippen molar-refractivity contribution in [3.63, 3.8) is 0 Å². The zero-order valence-corrected chi connectivity index (χ0v) is 12.7. The zero-order valence-electron chi connectivity index (χ0n) is 12.7. The average Bonchev–Trinajstić information content (AvgIpc) is 3.01. The lowest BCUT2D eigenvalue weighted by Gasteiger charge is -2.43. The van der Waals surface area contributed by atoms with Crippen molar-refractivity contribution in [1.29, 1.82) is 0 Å². The molecule has 0 amide bonds. The molecule has 3 aliphatic heterocycles. The smallest absolute Gasteiger partial charge is 0.0645 e. The highest BCUT2D eigenvalue weighted by atomic mass is 16.5. The van der Waals surface area contributed by atoms with Crippen molar-refractivity contribution in [3.05, 3.63) is 24.3 Å². The molecule has 4 heteroatoms. The second-order valence-electron chi connectivity index (χ2n) is 6.42. The van der Waals surface area contributed by atoms with E-state index in [1.54, 1.807) is 0 Å². The van der Waals surface area contributed by atoms with Crippen molar-refractivity contribution in [2.45, 2.75) is 18.9 Å². The number of benzene rings is 1. The van der Waals surface area contributed by atoms with E-state index in [2.05, 4.69) is 39.0 Å². The zero-order chi connectivity index (χ0) is 14.1. The Labute approximate surface area is 127 Å². The van der Waals surface area contributed by atoms with E-state index >= 15 is 0 Å². The van der Waals surface area contributed by atoms with Gasteiger partial charge in [0.25, 0.3) is 0 Å². The first-order valence-corrected chi connectivity index (χ1v) is 8.32. The van der Waals surface area contributed by atoms with Crippen LogP contribution in [0.25, 0.3) is 0 Å². The van der Waals surface area contributed by atoms with Crippen molar-refractivity contribution in [1.82, 2.24) is 4.90 Å². The van der Waals surface area contributed by atoms with Crippen LogP contribution >= 0.6 is 0 Å². The third-order valence-electron chi connectivity index (χ3n) is 5.14. The van der Waals surface area contributed by atoms with Gasteiger partial charge in [0.1, 0.15) is 0 Å². The predicted molar refractivity (Wildman–Crippen MR) is 86.3 cm³/mol. The molecule has 1 aromatic carbocycles. The minimum Gasteiger partial charge on any atom is -0.378 e. The fraction of sp³-hybridized carbons (Fsp3) is 0.647. The normalized spacial score (nSPS) is 24.4. The van der Waals surface area contributed by atoms with Gasteiger partial charge in [0.05, 0.1) is 19.3 Å². The van der Waals surface area contributed by atoms with Gasteiger partial charge in [-0.25, -0.2) is 0 Å². The molecule has 0 aliphatic carbocycles. The number of hydrogen-bond acceptors (Lipinski definition) is 4. The average molecular weight is 287 g/mol. The third kappa shape index (κ3) is 2.74. The van der Waals surface area contributed by atoms with E-state index in [1.807, 2.05) is 0 Å². The number of nitrogens with zero attached hydrogens (tertiary/aromatic N) is 3. The van der Waals surface area contributed by atoms with Gasteiger partial charge in [0, 0.05) is 50.6 Å². The maximum Gasteiger partial charge on any atom is 0.0645 e. The van der Waals surface area contributed by atoms with Crippen LogP contribution in [-0.2, 0) is 4.74 Å². The van der Waals surface area contributed by atoms with Gasteiger partial charge < -0.3 is 14.5 Å². The third-order valence-corrected chi connectivity index (χ3v) is 5.14. The Hall–Kier alpha value is -1.26. The summed E-state index contributed by atoms with van der Waals surface area (Å²) < 4.78 is 5.30. The Bertz CT molecular complexity index is 457. The van der Waals surface area contributed by atoms with Gasteiger partial charge in [-0.2, -0.15) is 0 Å². The van der Waals surface area contributed by atoms with Crippen LogP contribution in [0, 0.1) is 0 Å². The summed E-state index contributed by atoms with van der Waals surface area (Å²) in [4.78, 5) is 7.60. The van der Waals surface area contributed by atoms with Crippen molar-refractivity contribution in [3.8, 4) is 0 Å². The first-order valence-electron chi connectivity index (χ1n) is 8.32.